The minimum absolute atomic E-state index is 0.151. The van der Waals surface area contributed by atoms with E-state index in [0.717, 1.165) is 12.1 Å². The van der Waals surface area contributed by atoms with Gasteiger partial charge in [0.15, 0.2) is 11.5 Å². The monoisotopic (exact) mass is 379 g/mol. The third-order valence-corrected chi connectivity index (χ3v) is 4.05. The molecule has 0 aromatic heterocycles. The first kappa shape index (κ1) is 19.8. The fourth-order valence-corrected chi connectivity index (χ4v) is 2.94. The smallest absolute Gasteiger partial charge is 0.387 e. The highest BCUT2D eigenvalue weighted by atomic mass is 19.3. The van der Waals surface area contributed by atoms with Crippen LogP contribution in [0.1, 0.15) is 24.8 Å². The fourth-order valence-electron chi connectivity index (χ4n) is 2.94. The average molecular weight is 379 g/mol. The van der Waals surface area contributed by atoms with Crippen LogP contribution in [-0.2, 0) is 14.3 Å². The zero-order valence-electron chi connectivity index (χ0n) is 14.0. The highest BCUT2D eigenvalue weighted by molar-refractivity contribution is 5.84. The number of benzene rings is 1. The molecule has 1 aromatic carbocycles. The van der Waals surface area contributed by atoms with Crippen molar-refractivity contribution < 1.29 is 41.4 Å². The maximum absolute atomic E-state index is 12.5. The molecule has 0 N–H and O–H groups in total. The number of amides is 1. The molecule has 0 bridgehead atoms. The van der Waals surface area contributed by atoms with Gasteiger partial charge in [-0.2, -0.15) is 17.6 Å². The minimum atomic E-state index is -3.23. The maximum Gasteiger partial charge on any atom is 0.387 e. The van der Waals surface area contributed by atoms with Crippen LogP contribution in [-0.4, -0.2) is 49.7 Å². The van der Waals surface area contributed by atoms with Gasteiger partial charge in [0, 0.05) is 19.4 Å². The van der Waals surface area contributed by atoms with Crippen LogP contribution < -0.4 is 9.47 Å². The Morgan fingerprint density at radius 1 is 1.12 bits per heavy atom. The van der Waals surface area contributed by atoms with Crippen molar-refractivity contribution in [3.63, 3.8) is 0 Å². The Balaban J connectivity index is 2.30. The summed E-state index contributed by atoms with van der Waals surface area (Å²) in [6, 6.07) is 2.83. The van der Waals surface area contributed by atoms with Crippen molar-refractivity contribution >= 4 is 11.9 Å². The number of esters is 1. The molecule has 0 spiro atoms. The molecule has 0 radical (unpaired) electrons. The molecule has 6 nitrogen and oxygen atoms in total. The van der Waals surface area contributed by atoms with Crippen LogP contribution in [0.2, 0.25) is 0 Å². The Hall–Kier alpha value is -2.52. The normalized spacial score (nSPS) is 19.8. The molecule has 1 aromatic rings. The third-order valence-electron chi connectivity index (χ3n) is 4.05. The summed E-state index contributed by atoms with van der Waals surface area (Å²) in [5.74, 6) is -2.40. The zero-order chi connectivity index (χ0) is 19.4. The summed E-state index contributed by atoms with van der Waals surface area (Å²) in [7, 11) is 1.19. The number of hydrogen-bond donors (Lipinski definition) is 0. The molecular formula is C16H17F4NO5. The molecule has 1 aliphatic heterocycles. The fraction of sp³-hybridized carbons (Fsp3) is 0.500. The van der Waals surface area contributed by atoms with Gasteiger partial charge in [0.2, 0.25) is 5.91 Å². The van der Waals surface area contributed by atoms with Gasteiger partial charge in [-0.3, -0.25) is 4.79 Å². The maximum atomic E-state index is 12.5. The number of hydrogen-bond acceptors (Lipinski definition) is 5. The van der Waals surface area contributed by atoms with E-state index in [-0.39, 0.29) is 24.8 Å². The molecule has 1 heterocycles. The van der Waals surface area contributed by atoms with Crippen molar-refractivity contribution in [3.8, 4) is 11.5 Å². The lowest BCUT2D eigenvalue weighted by Gasteiger charge is -2.20. The Labute approximate surface area is 146 Å². The van der Waals surface area contributed by atoms with Crippen LogP contribution in [0.5, 0.6) is 11.5 Å². The molecule has 1 saturated heterocycles. The number of alkyl halides is 4. The summed E-state index contributed by atoms with van der Waals surface area (Å²) in [5.41, 5.74) is 0.444. The lowest BCUT2D eigenvalue weighted by Crippen LogP contribution is -2.39. The molecule has 10 heteroatoms. The summed E-state index contributed by atoms with van der Waals surface area (Å²) in [6.07, 6.45) is 0.204. The summed E-state index contributed by atoms with van der Waals surface area (Å²) >= 11 is 0. The number of likely N-dealkylation sites (tertiary alicyclic amines) is 1. The van der Waals surface area contributed by atoms with E-state index in [1.807, 2.05) is 0 Å². The van der Waals surface area contributed by atoms with Gasteiger partial charge >= 0.3 is 19.2 Å². The molecule has 1 aliphatic rings. The molecule has 2 rings (SSSR count). The zero-order valence-corrected chi connectivity index (χ0v) is 14.0. The number of carbonyl (C=O) groups is 2. The minimum Gasteiger partial charge on any atom is -0.467 e. The van der Waals surface area contributed by atoms with Gasteiger partial charge in [0.1, 0.15) is 6.04 Å². The molecule has 1 unspecified atom stereocenters. The van der Waals surface area contributed by atoms with Crippen LogP contribution in [0.4, 0.5) is 17.6 Å². The molecular weight excluding hydrogens is 362 g/mol. The Morgan fingerprint density at radius 2 is 1.73 bits per heavy atom. The molecule has 0 saturated carbocycles. The standard InChI is InChI=1S/C16H17F4NO5/c1-8(22)21-7-10(5-11(21)14(23)24-2)9-3-4-12(25-15(17)18)13(6-9)26-16(19)20/h3-4,6,10-11,15-16H,5,7H2,1-2H3/t10?,11-/m1/s1. The van der Waals surface area contributed by atoms with E-state index in [4.69, 9.17) is 0 Å². The van der Waals surface area contributed by atoms with E-state index in [1.165, 1.54) is 25.0 Å². The van der Waals surface area contributed by atoms with E-state index in [9.17, 15) is 27.2 Å². The number of rotatable bonds is 6. The highest BCUT2D eigenvalue weighted by Crippen LogP contribution is 2.38. The lowest BCUT2D eigenvalue weighted by atomic mass is 9.96. The Kier molecular flexibility index (Phi) is 6.27. The van der Waals surface area contributed by atoms with Crippen LogP contribution >= 0.6 is 0 Å². The Bertz CT molecular complexity index is 670. The first-order chi connectivity index (χ1) is 12.2. The van der Waals surface area contributed by atoms with E-state index in [1.54, 1.807) is 0 Å². The topological polar surface area (TPSA) is 65.1 Å². The van der Waals surface area contributed by atoms with Gasteiger partial charge in [0.05, 0.1) is 7.11 Å². The predicted octanol–water partition coefficient (Wildman–Crippen LogP) is 2.77. The molecule has 2 atom stereocenters. The second kappa shape index (κ2) is 8.24. The second-order valence-corrected chi connectivity index (χ2v) is 5.61. The van der Waals surface area contributed by atoms with E-state index < -0.39 is 36.7 Å². The van der Waals surface area contributed by atoms with Gasteiger partial charge in [-0.25, -0.2) is 4.79 Å². The first-order valence-electron chi connectivity index (χ1n) is 7.61. The first-order valence-corrected chi connectivity index (χ1v) is 7.61. The van der Waals surface area contributed by atoms with Crippen molar-refractivity contribution in [3.05, 3.63) is 23.8 Å². The molecule has 144 valence electrons. The lowest BCUT2D eigenvalue weighted by molar-refractivity contribution is -0.150. The molecule has 1 amide bonds. The molecule has 1 fully saturated rings. The summed E-state index contributed by atoms with van der Waals surface area (Å²) in [4.78, 5) is 24.9. The number of methoxy groups -OCH3 is 1. The molecule has 0 aliphatic carbocycles. The summed E-state index contributed by atoms with van der Waals surface area (Å²) < 4.78 is 63.0. The van der Waals surface area contributed by atoms with Gasteiger partial charge < -0.3 is 19.1 Å². The van der Waals surface area contributed by atoms with Crippen LogP contribution in [0.3, 0.4) is 0 Å². The third kappa shape index (κ3) is 4.55. The highest BCUT2D eigenvalue weighted by Gasteiger charge is 2.39. The SMILES string of the molecule is COC(=O)[C@H]1CC(c2ccc(OC(F)F)c(OC(F)F)c2)CN1C(C)=O. The van der Waals surface area contributed by atoms with Crippen molar-refractivity contribution in [2.24, 2.45) is 0 Å². The summed E-state index contributed by atoms with van der Waals surface area (Å²) in [5, 5.41) is 0. The quantitative estimate of drug-likeness (QED) is 0.562. The number of halogens is 4. The van der Waals surface area contributed by atoms with Crippen molar-refractivity contribution in [2.75, 3.05) is 13.7 Å². The number of nitrogens with zero attached hydrogens (tertiary/aromatic N) is 1. The van der Waals surface area contributed by atoms with Gasteiger partial charge in [-0.1, -0.05) is 6.07 Å². The van der Waals surface area contributed by atoms with Crippen LogP contribution in [0, 0.1) is 0 Å². The largest absolute Gasteiger partial charge is 0.467 e. The predicted molar refractivity (Wildman–Crippen MR) is 80.3 cm³/mol. The van der Waals surface area contributed by atoms with Crippen LogP contribution in [0.25, 0.3) is 0 Å². The van der Waals surface area contributed by atoms with Gasteiger partial charge in [-0.05, 0) is 24.1 Å². The van der Waals surface area contributed by atoms with Crippen molar-refractivity contribution in [1.29, 1.82) is 0 Å². The van der Waals surface area contributed by atoms with Crippen molar-refractivity contribution in [2.45, 2.75) is 38.5 Å². The summed E-state index contributed by atoms with van der Waals surface area (Å²) in [6.45, 7) is -4.99. The van der Waals surface area contributed by atoms with E-state index in [0.29, 0.717) is 5.56 Å². The Morgan fingerprint density at radius 3 is 2.27 bits per heavy atom. The van der Waals surface area contributed by atoms with E-state index >= 15 is 0 Å². The molecule has 26 heavy (non-hydrogen) atoms. The van der Waals surface area contributed by atoms with Crippen molar-refractivity contribution in [1.82, 2.24) is 4.90 Å². The number of ether oxygens (including phenoxy) is 3. The van der Waals surface area contributed by atoms with Gasteiger partial charge in [0.25, 0.3) is 0 Å². The average Bonchev–Trinajstić information content (AvgIpc) is 3.00. The van der Waals surface area contributed by atoms with Gasteiger partial charge in [-0.15, -0.1) is 0 Å². The second-order valence-electron chi connectivity index (χ2n) is 5.61. The van der Waals surface area contributed by atoms with E-state index in [2.05, 4.69) is 14.2 Å². The number of carbonyl (C=O) groups excluding carboxylic acids is 2. The van der Waals surface area contributed by atoms with Crippen LogP contribution in [0.15, 0.2) is 18.2 Å².